The summed E-state index contributed by atoms with van der Waals surface area (Å²) in [4.78, 5) is 14.7. The first-order valence-corrected chi connectivity index (χ1v) is 7.24. The molecule has 1 aliphatic rings. The van der Waals surface area contributed by atoms with Crippen molar-refractivity contribution in [1.29, 1.82) is 0 Å². The minimum absolute atomic E-state index is 0. The number of hydrogen-bond acceptors (Lipinski definition) is 4. The van der Waals surface area contributed by atoms with Gasteiger partial charge in [0.15, 0.2) is 0 Å². The fraction of sp³-hybridized carbons (Fsp3) is 0.929. The summed E-state index contributed by atoms with van der Waals surface area (Å²) in [6, 6.07) is 0. The predicted octanol–water partition coefficient (Wildman–Crippen LogP) is 1.45. The zero-order valence-electron chi connectivity index (χ0n) is 12.9. The summed E-state index contributed by atoms with van der Waals surface area (Å²) < 4.78 is 10.7. The van der Waals surface area contributed by atoms with Gasteiger partial charge in [-0.3, -0.25) is 4.79 Å². The second-order valence-electron chi connectivity index (χ2n) is 5.09. The normalized spacial score (nSPS) is 17.4. The summed E-state index contributed by atoms with van der Waals surface area (Å²) in [6.07, 6.45) is 3.60. The Kier molecular flexibility index (Phi) is 10.2. The van der Waals surface area contributed by atoms with E-state index in [4.69, 9.17) is 9.47 Å². The van der Waals surface area contributed by atoms with E-state index in [0.29, 0.717) is 13.2 Å². The van der Waals surface area contributed by atoms with Gasteiger partial charge < -0.3 is 19.7 Å². The topological polar surface area (TPSA) is 50.8 Å². The van der Waals surface area contributed by atoms with Gasteiger partial charge in [0, 0.05) is 27.3 Å². The van der Waals surface area contributed by atoms with Crippen LogP contribution in [0.15, 0.2) is 0 Å². The number of halogens is 1. The van der Waals surface area contributed by atoms with E-state index in [9.17, 15) is 4.79 Å². The molecule has 5 nitrogen and oxygen atoms in total. The minimum Gasteiger partial charge on any atom is -0.383 e. The summed E-state index contributed by atoms with van der Waals surface area (Å²) >= 11 is 0. The molecular weight excluding hydrogens is 280 g/mol. The Bertz CT molecular complexity index is 263. The highest BCUT2D eigenvalue weighted by molar-refractivity contribution is 5.85. The van der Waals surface area contributed by atoms with Gasteiger partial charge in [0.05, 0.1) is 6.61 Å². The molecular formula is C14H29ClN2O3. The monoisotopic (exact) mass is 308 g/mol. The molecule has 1 fully saturated rings. The van der Waals surface area contributed by atoms with Crippen molar-refractivity contribution in [1.82, 2.24) is 10.2 Å². The van der Waals surface area contributed by atoms with Crippen LogP contribution in [0.3, 0.4) is 0 Å². The van der Waals surface area contributed by atoms with Crippen molar-refractivity contribution in [3.05, 3.63) is 0 Å². The van der Waals surface area contributed by atoms with Gasteiger partial charge in [-0.1, -0.05) is 13.3 Å². The molecule has 0 aromatic carbocycles. The Labute approximate surface area is 128 Å². The number of piperidine rings is 1. The summed E-state index contributed by atoms with van der Waals surface area (Å²) in [6.45, 7) is 5.82. The lowest BCUT2D eigenvalue weighted by atomic mass is 9.90. The lowest BCUT2D eigenvalue weighted by Gasteiger charge is -2.39. The molecule has 0 aliphatic carbocycles. The fourth-order valence-corrected chi connectivity index (χ4v) is 2.49. The Hall–Kier alpha value is -0.360. The molecule has 0 spiro atoms. The first kappa shape index (κ1) is 19.6. The van der Waals surface area contributed by atoms with Crippen LogP contribution >= 0.6 is 12.4 Å². The zero-order valence-corrected chi connectivity index (χ0v) is 13.8. The maximum Gasteiger partial charge on any atom is 0.254 e. The molecule has 0 aromatic rings. The van der Waals surface area contributed by atoms with E-state index in [1.165, 1.54) is 0 Å². The molecule has 0 bridgehead atoms. The first-order valence-electron chi connectivity index (χ1n) is 7.24. The zero-order chi connectivity index (χ0) is 14.1. The Morgan fingerprint density at radius 1 is 1.25 bits per heavy atom. The number of nitrogens with one attached hydrogen (secondary N) is 1. The fourth-order valence-electron chi connectivity index (χ4n) is 2.49. The number of rotatable bonds is 8. The lowest BCUT2D eigenvalue weighted by Crippen LogP contribution is -2.56. The van der Waals surface area contributed by atoms with Crippen molar-refractivity contribution in [2.75, 3.05) is 47.0 Å². The number of carbonyl (C=O) groups is 1. The van der Waals surface area contributed by atoms with Crippen molar-refractivity contribution in [3.8, 4) is 0 Å². The van der Waals surface area contributed by atoms with Gasteiger partial charge in [0.2, 0.25) is 0 Å². The maximum absolute atomic E-state index is 12.8. The molecule has 0 unspecified atom stereocenters. The van der Waals surface area contributed by atoms with Crippen LogP contribution in [0.25, 0.3) is 0 Å². The van der Waals surface area contributed by atoms with Gasteiger partial charge in [0.1, 0.15) is 5.60 Å². The van der Waals surface area contributed by atoms with E-state index in [-0.39, 0.29) is 18.3 Å². The second-order valence-corrected chi connectivity index (χ2v) is 5.09. The summed E-state index contributed by atoms with van der Waals surface area (Å²) in [5.41, 5.74) is -0.632. The summed E-state index contributed by atoms with van der Waals surface area (Å²) in [5.74, 6) is 0.127. The number of methoxy groups -OCH3 is 2. The van der Waals surface area contributed by atoms with Gasteiger partial charge in [-0.15, -0.1) is 12.4 Å². The number of nitrogens with zero attached hydrogens (tertiary/aromatic N) is 1. The van der Waals surface area contributed by atoms with E-state index in [1.807, 2.05) is 4.90 Å². The van der Waals surface area contributed by atoms with Gasteiger partial charge in [-0.05, 0) is 32.4 Å². The third kappa shape index (κ3) is 5.20. The quantitative estimate of drug-likeness (QED) is 0.737. The average Bonchev–Trinajstić information content (AvgIpc) is 2.47. The number of ether oxygens (including phenoxy) is 2. The van der Waals surface area contributed by atoms with Crippen molar-refractivity contribution in [2.45, 2.75) is 38.2 Å². The van der Waals surface area contributed by atoms with Crippen LogP contribution in [0.1, 0.15) is 32.6 Å². The molecule has 0 atom stereocenters. The van der Waals surface area contributed by atoms with Crippen molar-refractivity contribution in [2.24, 2.45) is 0 Å². The maximum atomic E-state index is 12.8. The van der Waals surface area contributed by atoms with Crippen LogP contribution in [0.2, 0.25) is 0 Å². The molecule has 1 aliphatic heterocycles. The minimum atomic E-state index is -0.632. The van der Waals surface area contributed by atoms with E-state index < -0.39 is 5.60 Å². The van der Waals surface area contributed by atoms with Crippen LogP contribution in [0.5, 0.6) is 0 Å². The Morgan fingerprint density at radius 3 is 2.40 bits per heavy atom. The van der Waals surface area contributed by atoms with E-state index in [2.05, 4.69) is 12.2 Å². The Morgan fingerprint density at radius 2 is 1.90 bits per heavy atom. The largest absolute Gasteiger partial charge is 0.383 e. The van der Waals surface area contributed by atoms with Crippen LogP contribution in [0, 0.1) is 0 Å². The third-order valence-electron chi connectivity index (χ3n) is 3.83. The van der Waals surface area contributed by atoms with Gasteiger partial charge >= 0.3 is 0 Å². The molecule has 1 N–H and O–H groups in total. The van der Waals surface area contributed by atoms with Gasteiger partial charge in [-0.25, -0.2) is 0 Å². The third-order valence-corrected chi connectivity index (χ3v) is 3.83. The van der Waals surface area contributed by atoms with Crippen LogP contribution < -0.4 is 5.32 Å². The number of amides is 1. The molecule has 120 valence electrons. The SMILES string of the molecule is CCCCN(CCOC)C(=O)C1(OC)CCNCC1.Cl. The highest BCUT2D eigenvalue weighted by Crippen LogP contribution is 2.25. The smallest absolute Gasteiger partial charge is 0.254 e. The standard InChI is InChI=1S/C14H28N2O3.ClH/c1-4-5-10-16(11-12-18-2)13(17)14(19-3)6-8-15-9-7-14;/h15H,4-12H2,1-3H3;1H. The number of carbonyl (C=O) groups excluding carboxylic acids is 1. The predicted molar refractivity (Wildman–Crippen MR) is 82.5 cm³/mol. The Balaban J connectivity index is 0.00000361. The molecule has 1 amide bonds. The van der Waals surface area contributed by atoms with Crippen molar-refractivity contribution < 1.29 is 14.3 Å². The molecule has 0 aromatic heterocycles. The molecule has 20 heavy (non-hydrogen) atoms. The summed E-state index contributed by atoms with van der Waals surface area (Å²) in [7, 11) is 3.32. The van der Waals surface area contributed by atoms with Crippen LogP contribution in [-0.4, -0.2) is 63.4 Å². The first-order chi connectivity index (χ1) is 9.20. The van der Waals surface area contributed by atoms with E-state index in [1.54, 1.807) is 14.2 Å². The number of hydrogen-bond donors (Lipinski definition) is 1. The van der Waals surface area contributed by atoms with Crippen LogP contribution in [-0.2, 0) is 14.3 Å². The molecule has 1 saturated heterocycles. The summed E-state index contributed by atoms with van der Waals surface area (Å²) in [5, 5.41) is 3.28. The molecule has 0 radical (unpaired) electrons. The van der Waals surface area contributed by atoms with Crippen molar-refractivity contribution >= 4 is 18.3 Å². The van der Waals surface area contributed by atoms with Gasteiger partial charge in [-0.2, -0.15) is 0 Å². The molecule has 6 heteroatoms. The lowest BCUT2D eigenvalue weighted by molar-refractivity contribution is -0.159. The van der Waals surface area contributed by atoms with Gasteiger partial charge in [0.25, 0.3) is 5.91 Å². The highest BCUT2D eigenvalue weighted by Gasteiger charge is 2.42. The second kappa shape index (κ2) is 10.4. The highest BCUT2D eigenvalue weighted by atomic mass is 35.5. The molecule has 0 saturated carbocycles. The van der Waals surface area contributed by atoms with E-state index in [0.717, 1.165) is 45.3 Å². The molecule has 1 heterocycles. The average molecular weight is 309 g/mol. The number of unbranched alkanes of at least 4 members (excludes halogenated alkanes) is 1. The molecule has 1 rings (SSSR count). The van der Waals surface area contributed by atoms with E-state index >= 15 is 0 Å². The van der Waals surface area contributed by atoms with Crippen molar-refractivity contribution in [3.63, 3.8) is 0 Å². The van der Waals surface area contributed by atoms with Crippen LogP contribution in [0.4, 0.5) is 0 Å².